The Hall–Kier alpha value is -1.31. The van der Waals surface area contributed by atoms with Crippen molar-refractivity contribution in [2.45, 2.75) is 33.6 Å². The Labute approximate surface area is 98.3 Å². The van der Waals surface area contributed by atoms with Crippen molar-refractivity contribution in [3.05, 3.63) is 35.4 Å². The zero-order valence-corrected chi connectivity index (χ0v) is 10.5. The van der Waals surface area contributed by atoms with Crippen LogP contribution in [0.25, 0.3) is 0 Å². The zero-order chi connectivity index (χ0) is 12.0. The van der Waals surface area contributed by atoms with Crippen molar-refractivity contribution < 1.29 is 4.79 Å². The van der Waals surface area contributed by atoms with Gasteiger partial charge in [0.05, 0.1) is 0 Å². The van der Waals surface area contributed by atoms with E-state index in [0.717, 1.165) is 31.5 Å². The van der Waals surface area contributed by atoms with Crippen molar-refractivity contribution in [2.24, 2.45) is 0 Å². The zero-order valence-electron chi connectivity index (χ0n) is 10.5. The summed E-state index contributed by atoms with van der Waals surface area (Å²) < 4.78 is 0. The summed E-state index contributed by atoms with van der Waals surface area (Å²) in [4.78, 5) is 13.8. The lowest BCUT2D eigenvalue weighted by atomic mass is 10.1. The van der Waals surface area contributed by atoms with Crippen LogP contribution >= 0.6 is 0 Å². The molecule has 0 spiro atoms. The number of benzene rings is 1. The van der Waals surface area contributed by atoms with Gasteiger partial charge in [0.15, 0.2) is 0 Å². The monoisotopic (exact) mass is 219 g/mol. The first-order valence-corrected chi connectivity index (χ1v) is 6.13. The summed E-state index contributed by atoms with van der Waals surface area (Å²) in [5.41, 5.74) is 2.01. The summed E-state index contributed by atoms with van der Waals surface area (Å²) in [5.74, 6) is 0.183. The molecule has 2 nitrogen and oxygen atoms in total. The van der Waals surface area contributed by atoms with E-state index in [1.165, 1.54) is 5.56 Å². The molecule has 1 amide bonds. The molecule has 0 saturated carbocycles. The summed E-state index contributed by atoms with van der Waals surface area (Å²) >= 11 is 0. The van der Waals surface area contributed by atoms with E-state index in [9.17, 15) is 4.79 Å². The largest absolute Gasteiger partial charge is 0.339 e. The molecule has 1 heterocycles. The quantitative estimate of drug-likeness (QED) is 0.710. The molecule has 0 unspecified atom stereocenters. The molecule has 1 saturated heterocycles. The molecular weight excluding hydrogens is 198 g/mol. The number of carbonyl (C=O) groups is 1. The molecule has 2 heteroatoms. The van der Waals surface area contributed by atoms with Gasteiger partial charge >= 0.3 is 0 Å². The molecule has 1 aliphatic rings. The van der Waals surface area contributed by atoms with Gasteiger partial charge in [0, 0.05) is 18.7 Å². The standard InChI is InChI=1S/C12H15NO.C2H6/c1-10-4-6-11(7-5-10)12(14)13-8-2-3-9-13;1-2/h4-7H,2-3,8-9H2,1H3;1-2H3. The second-order valence-electron chi connectivity index (χ2n) is 3.87. The number of rotatable bonds is 1. The van der Waals surface area contributed by atoms with Crippen LogP contribution in [0.5, 0.6) is 0 Å². The highest BCUT2D eigenvalue weighted by molar-refractivity contribution is 5.94. The third-order valence-corrected chi connectivity index (χ3v) is 2.69. The minimum absolute atomic E-state index is 0.183. The molecule has 16 heavy (non-hydrogen) atoms. The number of nitrogens with zero attached hydrogens (tertiary/aromatic N) is 1. The summed E-state index contributed by atoms with van der Waals surface area (Å²) in [6.07, 6.45) is 2.30. The van der Waals surface area contributed by atoms with Gasteiger partial charge in [-0.05, 0) is 31.9 Å². The molecule has 1 fully saturated rings. The van der Waals surface area contributed by atoms with Crippen molar-refractivity contribution in [3.63, 3.8) is 0 Å². The second-order valence-corrected chi connectivity index (χ2v) is 3.87. The number of amides is 1. The predicted octanol–water partition coefficient (Wildman–Crippen LogP) is 3.26. The average Bonchev–Trinajstić information content (AvgIpc) is 2.85. The Morgan fingerprint density at radius 3 is 2.06 bits per heavy atom. The van der Waals surface area contributed by atoms with Crippen molar-refractivity contribution in [1.29, 1.82) is 0 Å². The Morgan fingerprint density at radius 2 is 1.56 bits per heavy atom. The van der Waals surface area contributed by atoms with Crippen LogP contribution in [-0.4, -0.2) is 23.9 Å². The first-order valence-electron chi connectivity index (χ1n) is 6.13. The van der Waals surface area contributed by atoms with Crippen LogP contribution in [0.4, 0.5) is 0 Å². The van der Waals surface area contributed by atoms with E-state index < -0.39 is 0 Å². The van der Waals surface area contributed by atoms with Gasteiger partial charge in [-0.3, -0.25) is 4.79 Å². The molecule has 0 bridgehead atoms. The first kappa shape index (κ1) is 12.8. The maximum Gasteiger partial charge on any atom is 0.253 e. The predicted molar refractivity (Wildman–Crippen MR) is 67.7 cm³/mol. The molecule has 0 N–H and O–H groups in total. The Bertz CT molecular complexity index is 323. The topological polar surface area (TPSA) is 20.3 Å². The van der Waals surface area contributed by atoms with E-state index in [0.29, 0.717) is 0 Å². The molecule has 1 aromatic carbocycles. The molecular formula is C14H21NO. The van der Waals surface area contributed by atoms with Crippen LogP contribution in [0.15, 0.2) is 24.3 Å². The maximum atomic E-state index is 11.9. The van der Waals surface area contributed by atoms with E-state index in [-0.39, 0.29) is 5.91 Å². The van der Waals surface area contributed by atoms with Crippen LogP contribution in [0.1, 0.15) is 42.6 Å². The number of aryl methyl sites for hydroxylation is 1. The Balaban J connectivity index is 0.000000606. The summed E-state index contributed by atoms with van der Waals surface area (Å²) in [5, 5.41) is 0. The van der Waals surface area contributed by atoms with Crippen LogP contribution in [0.3, 0.4) is 0 Å². The van der Waals surface area contributed by atoms with Crippen molar-refractivity contribution in [1.82, 2.24) is 4.90 Å². The SMILES string of the molecule is CC.Cc1ccc(C(=O)N2CCCC2)cc1. The van der Waals surface area contributed by atoms with Gasteiger partial charge in [0.1, 0.15) is 0 Å². The number of hydrogen-bond donors (Lipinski definition) is 0. The van der Waals surface area contributed by atoms with E-state index in [2.05, 4.69) is 0 Å². The van der Waals surface area contributed by atoms with Crippen molar-refractivity contribution >= 4 is 5.91 Å². The molecule has 1 aromatic rings. The maximum absolute atomic E-state index is 11.9. The minimum atomic E-state index is 0.183. The van der Waals surface area contributed by atoms with Gasteiger partial charge in [0.2, 0.25) is 0 Å². The molecule has 0 atom stereocenters. The number of likely N-dealkylation sites (tertiary alicyclic amines) is 1. The molecule has 0 radical (unpaired) electrons. The number of carbonyl (C=O) groups excluding carboxylic acids is 1. The lowest BCUT2D eigenvalue weighted by Gasteiger charge is -2.14. The lowest BCUT2D eigenvalue weighted by Crippen LogP contribution is -2.27. The average molecular weight is 219 g/mol. The molecule has 0 aromatic heterocycles. The highest BCUT2D eigenvalue weighted by atomic mass is 16.2. The minimum Gasteiger partial charge on any atom is -0.339 e. The molecule has 0 aliphatic carbocycles. The smallest absolute Gasteiger partial charge is 0.253 e. The summed E-state index contributed by atoms with van der Waals surface area (Å²) in [6, 6.07) is 7.80. The van der Waals surface area contributed by atoms with E-state index in [1.54, 1.807) is 0 Å². The Morgan fingerprint density at radius 1 is 1.06 bits per heavy atom. The van der Waals surface area contributed by atoms with Crippen molar-refractivity contribution in [2.75, 3.05) is 13.1 Å². The van der Waals surface area contributed by atoms with Gasteiger partial charge in [-0.1, -0.05) is 31.5 Å². The molecule has 1 aliphatic heterocycles. The van der Waals surface area contributed by atoms with Gasteiger partial charge in [-0.25, -0.2) is 0 Å². The van der Waals surface area contributed by atoms with E-state index in [1.807, 2.05) is 49.9 Å². The third-order valence-electron chi connectivity index (χ3n) is 2.69. The van der Waals surface area contributed by atoms with Gasteiger partial charge in [0.25, 0.3) is 5.91 Å². The van der Waals surface area contributed by atoms with Gasteiger partial charge < -0.3 is 4.90 Å². The first-order chi connectivity index (χ1) is 7.77. The lowest BCUT2D eigenvalue weighted by molar-refractivity contribution is 0.0793. The number of hydrogen-bond acceptors (Lipinski definition) is 1. The fraction of sp³-hybridized carbons (Fsp3) is 0.500. The highest BCUT2D eigenvalue weighted by Gasteiger charge is 2.18. The van der Waals surface area contributed by atoms with Crippen LogP contribution in [0.2, 0.25) is 0 Å². The summed E-state index contributed by atoms with van der Waals surface area (Å²) in [7, 11) is 0. The Kier molecular flexibility index (Phi) is 5.03. The van der Waals surface area contributed by atoms with Gasteiger partial charge in [-0.2, -0.15) is 0 Å². The normalized spacial score (nSPS) is 14.3. The molecule has 2 rings (SSSR count). The molecule has 88 valence electrons. The van der Waals surface area contributed by atoms with Gasteiger partial charge in [-0.15, -0.1) is 0 Å². The summed E-state index contributed by atoms with van der Waals surface area (Å²) in [6.45, 7) is 7.88. The third kappa shape index (κ3) is 3.09. The van der Waals surface area contributed by atoms with Crippen LogP contribution in [-0.2, 0) is 0 Å². The van der Waals surface area contributed by atoms with Crippen LogP contribution in [0, 0.1) is 6.92 Å². The van der Waals surface area contributed by atoms with E-state index >= 15 is 0 Å². The van der Waals surface area contributed by atoms with E-state index in [4.69, 9.17) is 0 Å². The second kappa shape index (κ2) is 6.31. The fourth-order valence-corrected chi connectivity index (χ4v) is 1.80. The van der Waals surface area contributed by atoms with Crippen LogP contribution < -0.4 is 0 Å². The highest BCUT2D eigenvalue weighted by Crippen LogP contribution is 2.13. The fourth-order valence-electron chi connectivity index (χ4n) is 1.80. The van der Waals surface area contributed by atoms with Crippen molar-refractivity contribution in [3.8, 4) is 0 Å².